The molecule has 1 aromatic heterocycles. The first-order valence-corrected chi connectivity index (χ1v) is 10.5. The van der Waals surface area contributed by atoms with Crippen molar-refractivity contribution in [1.82, 2.24) is 9.99 Å². The maximum absolute atomic E-state index is 13.1. The van der Waals surface area contributed by atoms with Crippen molar-refractivity contribution in [3.63, 3.8) is 0 Å². The number of ketones is 1. The van der Waals surface area contributed by atoms with E-state index >= 15 is 0 Å². The number of halogens is 1. The van der Waals surface area contributed by atoms with Crippen LogP contribution in [0.2, 0.25) is 0 Å². The highest BCUT2D eigenvalue weighted by molar-refractivity contribution is 6.11. The second-order valence-electron chi connectivity index (χ2n) is 7.40. The molecule has 0 saturated carbocycles. The Morgan fingerprint density at radius 3 is 2.24 bits per heavy atom. The molecule has 0 amide bonds. The monoisotopic (exact) mass is 465 g/mol. The molecule has 3 aromatic rings. The predicted molar refractivity (Wildman–Crippen MR) is 127 cm³/mol. The quantitative estimate of drug-likeness (QED) is 0.326. The van der Waals surface area contributed by atoms with Crippen molar-refractivity contribution < 1.29 is 29.0 Å². The summed E-state index contributed by atoms with van der Waals surface area (Å²) in [7, 11) is 1.87. The van der Waals surface area contributed by atoms with Gasteiger partial charge in [0.15, 0.2) is 5.78 Å². The lowest BCUT2D eigenvalue weighted by molar-refractivity contribution is -0.134. The fraction of sp³-hybridized carbons (Fsp3) is 0.160. The van der Waals surface area contributed by atoms with Crippen LogP contribution in [0.15, 0.2) is 66.9 Å². The molecule has 34 heavy (non-hydrogen) atoms. The summed E-state index contributed by atoms with van der Waals surface area (Å²) in [5.41, 5.74) is 7.71. The van der Waals surface area contributed by atoms with Crippen molar-refractivity contribution in [2.24, 2.45) is 0 Å². The van der Waals surface area contributed by atoms with Crippen LogP contribution in [0.25, 0.3) is 16.5 Å². The van der Waals surface area contributed by atoms with Gasteiger partial charge in [-0.1, -0.05) is 6.08 Å². The number of aromatic nitrogens is 1. The number of nitrogens with one attached hydrogen (secondary N) is 2. The number of carbonyl (C=O) groups excluding carboxylic acids is 1. The molecule has 4 rings (SSSR count). The van der Waals surface area contributed by atoms with Crippen molar-refractivity contribution in [3.05, 3.63) is 89.4 Å². The van der Waals surface area contributed by atoms with Crippen LogP contribution >= 0.6 is 0 Å². The Labute approximate surface area is 195 Å². The van der Waals surface area contributed by atoms with Crippen LogP contribution in [-0.4, -0.2) is 52.7 Å². The highest BCUT2D eigenvalue weighted by Crippen LogP contribution is 2.30. The first-order chi connectivity index (χ1) is 16.3. The van der Waals surface area contributed by atoms with Crippen LogP contribution in [0.3, 0.4) is 0 Å². The maximum Gasteiger partial charge on any atom is 0.328 e. The number of rotatable bonds is 6. The summed E-state index contributed by atoms with van der Waals surface area (Å²) in [6, 6.07) is 11.4. The molecule has 0 atom stereocenters. The number of aliphatic carboxylic acids is 2. The lowest BCUT2D eigenvalue weighted by Crippen LogP contribution is -2.20. The van der Waals surface area contributed by atoms with Crippen LogP contribution in [0.1, 0.15) is 27.9 Å². The molecular formula is C25H24FN3O5. The molecule has 0 bridgehead atoms. The van der Waals surface area contributed by atoms with E-state index in [1.807, 2.05) is 29.9 Å². The summed E-state index contributed by atoms with van der Waals surface area (Å²) >= 11 is 0. The van der Waals surface area contributed by atoms with E-state index in [2.05, 4.69) is 23.0 Å². The molecule has 0 radical (unpaired) electrons. The Hall–Kier alpha value is -4.24. The summed E-state index contributed by atoms with van der Waals surface area (Å²) in [6.45, 7) is 1.81. The van der Waals surface area contributed by atoms with Gasteiger partial charge in [0.05, 0.1) is 5.52 Å². The average molecular weight is 465 g/mol. The Bertz CT molecular complexity index is 1260. The van der Waals surface area contributed by atoms with E-state index in [4.69, 9.17) is 10.2 Å². The number of hydrogen-bond donors (Lipinski definition) is 4. The van der Waals surface area contributed by atoms with Gasteiger partial charge in [0.1, 0.15) is 5.82 Å². The number of carboxylic acids is 2. The lowest BCUT2D eigenvalue weighted by Gasteiger charge is -2.13. The van der Waals surface area contributed by atoms with E-state index in [1.54, 1.807) is 0 Å². The molecule has 2 aromatic carbocycles. The van der Waals surface area contributed by atoms with E-state index in [0.717, 1.165) is 36.0 Å². The third kappa shape index (κ3) is 5.96. The summed E-state index contributed by atoms with van der Waals surface area (Å²) in [5, 5.41) is 20.0. The molecule has 0 fully saturated rings. The number of fused-ring (bicyclic) bond motifs is 1. The zero-order valence-electron chi connectivity index (χ0n) is 18.4. The first-order valence-electron chi connectivity index (χ1n) is 10.5. The third-order valence-electron chi connectivity index (χ3n) is 5.19. The third-order valence-corrected chi connectivity index (χ3v) is 5.19. The molecule has 4 N–H and O–H groups in total. The summed E-state index contributed by atoms with van der Waals surface area (Å²) < 4.78 is 15.1. The minimum Gasteiger partial charge on any atom is -0.478 e. The molecule has 8 nitrogen and oxygen atoms in total. The fourth-order valence-electron chi connectivity index (χ4n) is 3.59. The topological polar surface area (TPSA) is 121 Å². The highest BCUT2D eigenvalue weighted by Gasteiger charge is 2.17. The van der Waals surface area contributed by atoms with Gasteiger partial charge in [0.2, 0.25) is 0 Å². The fourth-order valence-corrected chi connectivity index (χ4v) is 3.59. The number of hydrogen-bond acceptors (Lipinski definition) is 5. The van der Waals surface area contributed by atoms with Crippen LogP contribution < -0.4 is 10.7 Å². The predicted octanol–water partition coefficient (Wildman–Crippen LogP) is 3.27. The summed E-state index contributed by atoms with van der Waals surface area (Å²) in [5.74, 6) is -2.96. The largest absolute Gasteiger partial charge is 0.478 e. The number of nitrogens with zero attached hydrogens (tertiary/aromatic N) is 1. The van der Waals surface area contributed by atoms with Crippen molar-refractivity contribution in [2.75, 3.05) is 25.6 Å². The molecule has 1 aliphatic heterocycles. The second-order valence-corrected chi connectivity index (χ2v) is 7.40. The zero-order chi connectivity index (χ0) is 24.7. The normalized spacial score (nSPS) is 13.2. The van der Waals surface area contributed by atoms with Crippen molar-refractivity contribution in [3.8, 4) is 0 Å². The standard InChI is InChI=1S/C21H20FN3O.C4H4O4/c1-23-25-13-19(14-8-10-24-11-9-14)18-12-16(4-7-20(18)25)21(26)15-2-5-17(22)6-3-15;5-3(6)1-2-4(7)8/h2-8,12-13,23-24H,9-11H2,1H3;1-2H,(H,5,6)(H,7,8)/b;2-1+. The molecule has 0 spiro atoms. The number of carbonyl (C=O) groups is 3. The highest BCUT2D eigenvalue weighted by atomic mass is 19.1. The number of carboxylic acid groups (broad SMARTS) is 2. The molecular weight excluding hydrogens is 441 g/mol. The van der Waals surface area contributed by atoms with Gasteiger partial charge in [-0.2, -0.15) is 0 Å². The van der Waals surface area contributed by atoms with E-state index in [9.17, 15) is 18.8 Å². The van der Waals surface area contributed by atoms with Crippen molar-refractivity contribution >= 4 is 34.2 Å². The first kappa shape index (κ1) is 24.4. The van der Waals surface area contributed by atoms with Gasteiger partial charge in [-0.25, -0.2) is 14.0 Å². The molecule has 0 unspecified atom stereocenters. The lowest BCUT2D eigenvalue weighted by atomic mass is 9.96. The Kier molecular flexibility index (Phi) is 7.94. The van der Waals surface area contributed by atoms with Crippen LogP contribution in [0.5, 0.6) is 0 Å². The molecule has 1 aliphatic rings. The summed E-state index contributed by atoms with van der Waals surface area (Å²) in [4.78, 5) is 31.9. The molecule has 0 aliphatic carbocycles. The SMILES string of the molecule is CNn1cc(C2=CCNCC2)c2cc(C(=O)c3ccc(F)cc3)ccc21.O=C(O)/C=C/C(=O)O. The van der Waals surface area contributed by atoms with Gasteiger partial charge in [-0.3, -0.25) is 9.47 Å². The van der Waals surface area contributed by atoms with Crippen LogP contribution in [0, 0.1) is 5.82 Å². The van der Waals surface area contributed by atoms with Crippen LogP contribution in [-0.2, 0) is 9.59 Å². The average Bonchev–Trinajstić information content (AvgIpc) is 3.22. The minimum atomic E-state index is -1.26. The smallest absolute Gasteiger partial charge is 0.328 e. The summed E-state index contributed by atoms with van der Waals surface area (Å²) in [6.07, 6.45) is 6.35. The van der Waals surface area contributed by atoms with Crippen LogP contribution in [0.4, 0.5) is 4.39 Å². The molecule has 176 valence electrons. The molecule has 9 heteroatoms. The van der Waals surface area contributed by atoms with Gasteiger partial charge >= 0.3 is 11.9 Å². The van der Waals surface area contributed by atoms with Gasteiger partial charge < -0.3 is 21.0 Å². The van der Waals surface area contributed by atoms with Gasteiger partial charge in [0.25, 0.3) is 0 Å². The van der Waals surface area contributed by atoms with E-state index in [1.165, 1.54) is 29.8 Å². The Morgan fingerprint density at radius 2 is 1.68 bits per heavy atom. The van der Waals surface area contributed by atoms with Gasteiger partial charge in [-0.15, -0.1) is 0 Å². The maximum atomic E-state index is 13.1. The van der Waals surface area contributed by atoms with Gasteiger partial charge in [-0.05, 0) is 61.0 Å². The van der Waals surface area contributed by atoms with Crippen molar-refractivity contribution in [1.29, 1.82) is 0 Å². The van der Waals surface area contributed by atoms with Gasteiger partial charge in [0, 0.05) is 54.0 Å². The van der Waals surface area contributed by atoms with Crippen molar-refractivity contribution in [2.45, 2.75) is 6.42 Å². The Morgan fingerprint density at radius 1 is 1.03 bits per heavy atom. The molecule has 2 heterocycles. The zero-order valence-corrected chi connectivity index (χ0v) is 18.4. The Balaban J connectivity index is 0.000000350. The number of benzene rings is 2. The second kappa shape index (κ2) is 11.1. The van der Waals surface area contributed by atoms with E-state index < -0.39 is 11.9 Å². The minimum absolute atomic E-state index is 0.102. The van der Waals surface area contributed by atoms with E-state index in [0.29, 0.717) is 23.3 Å². The molecule has 0 saturated heterocycles. The van der Waals surface area contributed by atoms with E-state index in [-0.39, 0.29) is 11.6 Å².